The van der Waals surface area contributed by atoms with Gasteiger partial charge in [0.25, 0.3) is 0 Å². The molecule has 3 rings (SSSR count). The number of β-amino-alcohol motifs (C(OH)–C–C–N with tert-alkyl or cyclic N) is 1. The van der Waals surface area contributed by atoms with E-state index in [0.717, 1.165) is 39.1 Å². The fourth-order valence-corrected chi connectivity index (χ4v) is 3.34. The van der Waals surface area contributed by atoms with Crippen LogP contribution in [0.5, 0.6) is 0 Å². The second-order valence-corrected chi connectivity index (χ2v) is 6.42. The lowest BCUT2D eigenvalue weighted by molar-refractivity contribution is 0.109. The van der Waals surface area contributed by atoms with E-state index in [2.05, 4.69) is 53.1 Å². The van der Waals surface area contributed by atoms with Crippen LogP contribution in [0.15, 0.2) is 54.6 Å². The maximum Gasteiger partial charge on any atom is 0.0707 e. The molecule has 1 heterocycles. The summed E-state index contributed by atoms with van der Waals surface area (Å²) in [6.45, 7) is 7.02. The molecule has 0 saturated carbocycles. The summed E-state index contributed by atoms with van der Waals surface area (Å²) in [5.41, 5.74) is 3.89. The highest BCUT2D eigenvalue weighted by molar-refractivity contribution is 5.53. The van der Waals surface area contributed by atoms with Crippen molar-refractivity contribution in [3.8, 4) is 0 Å². The van der Waals surface area contributed by atoms with E-state index in [1.54, 1.807) is 0 Å². The van der Waals surface area contributed by atoms with Crippen LogP contribution in [0.1, 0.15) is 11.1 Å². The molecule has 1 fully saturated rings. The molecule has 23 heavy (non-hydrogen) atoms. The number of rotatable bonds is 5. The number of piperazine rings is 1. The van der Waals surface area contributed by atoms with E-state index in [-0.39, 0.29) is 6.10 Å². The van der Waals surface area contributed by atoms with Crippen molar-refractivity contribution in [2.75, 3.05) is 37.6 Å². The minimum atomic E-state index is -0.289. The summed E-state index contributed by atoms with van der Waals surface area (Å²) < 4.78 is 0. The lowest BCUT2D eigenvalue weighted by Crippen LogP contribution is -2.49. The van der Waals surface area contributed by atoms with Gasteiger partial charge in [-0.05, 0) is 30.5 Å². The average molecular weight is 310 g/mol. The third-order valence-electron chi connectivity index (χ3n) is 4.61. The van der Waals surface area contributed by atoms with Crippen LogP contribution in [0.2, 0.25) is 0 Å². The van der Waals surface area contributed by atoms with Crippen molar-refractivity contribution in [1.82, 2.24) is 4.90 Å². The molecule has 3 nitrogen and oxygen atoms in total. The van der Waals surface area contributed by atoms with Crippen molar-refractivity contribution in [3.05, 3.63) is 65.7 Å². The van der Waals surface area contributed by atoms with E-state index in [1.165, 1.54) is 16.8 Å². The van der Waals surface area contributed by atoms with Gasteiger partial charge in [0.15, 0.2) is 0 Å². The average Bonchev–Trinajstić information content (AvgIpc) is 2.57. The molecule has 0 radical (unpaired) electrons. The normalized spacial score (nSPS) is 17.2. The Hall–Kier alpha value is -1.84. The number of nitrogens with zero attached hydrogens (tertiary/aromatic N) is 2. The Morgan fingerprint density at radius 3 is 2.26 bits per heavy atom. The summed E-state index contributed by atoms with van der Waals surface area (Å²) in [7, 11) is 0. The van der Waals surface area contributed by atoms with Crippen LogP contribution in [-0.4, -0.2) is 48.8 Å². The van der Waals surface area contributed by atoms with Gasteiger partial charge in [-0.2, -0.15) is 0 Å². The highest BCUT2D eigenvalue weighted by atomic mass is 16.3. The highest BCUT2D eigenvalue weighted by Gasteiger charge is 2.20. The largest absolute Gasteiger partial charge is 0.391 e. The number of aryl methyl sites for hydroxylation is 1. The van der Waals surface area contributed by atoms with Gasteiger partial charge in [0.1, 0.15) is 0 Å². The lowest BCUT2D eigenvalue weighted by atomic mass is 10.1. The summed E-state index contributed by atoms with van der Waals surface area (Å²) in [4.78, 5) is 4.83. The maximum atomic E-state index is 10.3. The molecular formula is C20H26N2O. The summed E-state index contributed by atoms with van der Waals surface area (Å²) in [6.07, 6.45) is 0.446. The van der Waals surface area contributed by atoms with Gasteiger partial charge in [-0.1, -0.05) is 48.5 Å². The van der Waals surface area contributed by atoms with Crippen LogP contribution in [0, 0.1) is 6.92 Å². The smallest absolute Gasteiger partial charge is 0.0707 e. The van der Waals surface area contributed by atoms with E-state index in [1.807, 2.05) is 18.2 Å². The minimum Gasteiger partial charge on any atom is -0.391 e. The first-order valence-electron chi connectivity index (χ1n) is 8.47. The molecule has 1 atom stereocenters. The van der Waals surface area contributed by atoms with Crippen molar-refractivity contribution in [2.24, 2.45) is 0 Å². The Balaban J connectivity index is 1.48. The fraction of sp³-hybridized carbons (Fsp3) is 0.400. The standard InChI is InChI=1S/C20H26N2O/c1-17-7-5-6-10-20(17)22-13-11-21(12-14-22)16-19(23)15-18-8-3-2-4-9-18/h2-10,19,23H,11-16H2,1H3. The van der Waals surface area contributed by atoms with Gasteiger partial charge in [-0.15, -0.1) is 0 Å². The van der Waals surface area contributed by atoms with Gasteiger partial charge < -0.3 is 10.0 Å². The summed E-state index contributed by atoms with van der Waals surface area (Å²) >= 11 is 0. The van der Waals surface area contributed by atoms with Crippen LogP contribution in [0.25, 0.3) is 0 Å². The Morgan fingerprint density at radius 1 is 0.913 bits per heavy atom. The molecule has 1 N–H and O–H groups in total. The second kappa shape index (κ2) is 7.62. The zero-order chi connectivity index (χ0) is 16.1. The first-order chi connectivity index (χ1) is 11.2. The number of aliphatic hydroxyl groups excluding tert-OH is 1. The van der Waals surface area contributed by atoms with Crippen molar-refractivity contribution >= 4 is 5.69 Å². The molecule has 1 aliphatic heterocycles. The zero-order valence-corrected chi connectivity index (χ0v) is 13.9. The first-order valence-corrected chi connectivity index (χ1v) is 8.47. The second-order valence-electron chi connectivity index (χ2n) is 6.42. The van der Waals surface area contributed by atoms with Gasteiger partial charge in [0, 0.05) is 38.4 Å². The van der Waals surface area contributed by atoms with Gasteiger partial charge in [-0.3, -0.25) is 4.90 Å². The topological polar surface area (TPSA) is 26.7 Å². The zero-order valence-electron chi connectivity index (χ0n) is 13.9. The van der Waals surface area contributed by atoms with Crippen molar-refractivity contribution in [2.45, 2.75) is 19.4 Å². The van der Waals surface area contributed by atoms with Gasteiger partial charge in [0.05, 0.1) is 6.10 Å². The van der Waals surface area contributed by atoms with Crippen LogP contribution in [-0.2, 0) is 6.42 Å². The Bertz CT molecular complexity index is 606. The maximum absolute atomic E-state index is 10.3. The number of hydrogen-bond acceptors (Lipinski definition) is 3. The summed E-state index contributed by atoms with van der Waals surface area (Å²) in [5, 5.41) is 10.3. The van der Waals surface area contributed by atoms with Crippen molar-refractivity contribution < 1.29 is 5.11 Å². The quantitative estimate of drug-likeness (QED) is 0.920. The molecule has 1 saturated heterocycles. The molecule has 2 aromatic carbocycles. The van der Waals surface area contributed by atoms with Gasteiger partial charge in [0.2, 0.25) is 0 Å². The van der Waals surface area contributed by atoms with Crippen LogP contribution in [0.3, 0.4) is 0 Å². The van der Waals surface area contributed by atoms with Crippen LogP contribution in [0.4, 0.5) is 5.69 Å². The molecule has 0 spiro atoms. The van der Waals surface area contributed by atoms with Crippen LogP contribution >= 0.6 is 0 Å². The van der Waals surface area contributed by atoms with Crippen molar-refractivity contribution in [3.63, 3.8) is 0 Å². The first kappa shape index (κ1) is 16.0. The van der Waals surface area contributed by atoms with E-state index in [0.29, 0.717) is 0 Å². The molecule has 0 amide bonds. The van der Waals surface area contributed by atoms with Crippen molar-refractivity contribution in [1.29, 1.82) is 0 Å². The van der Waals surface area contributed by atoms with E-state index in [4.69, 9.17) is 0 Å². The number of hydrogen-bond donors (Lipinski definition) is 1. The Kier molecular flexibility index (Phi) is 5.31. The molecule has 0 aliphatic carbocycles. The molecule has 3 heteroatoms. The predicted molar refractivity (Wildman–Crippen MR) is 96.0 cm³/mol. The number of anilines is 1. The van der Waals surface area contributed by atoms with E-state index in [9.17, 15) is 5.11 Å². The van der Waals surface area contributed by atoms with Gasteiger partial charge >= 0.3 is 0 Å². The molecule has 2 aromatic rings. The van der Waals surface area contributed by atoms with E-state index < -0.39 is 0 Å². The molecule has 0 bridgehead atoms. The Labute approximate surface area is 139 Å². The number of benzene rings is 2. The monoisotopic (exact) mass is 310 g/mol. The highest BCUT2D eigenvalue weighted by Crippen LogP contribution is 2.20. The predicted octanol–water partition coefficient (Wildman–Crippen LogP) is 2.72. The lowest BCUT2D eigenvalue weighted by Gasteiger charge is -2.37. The number of aliphatic hydroxyl groups is 1. The minimum absolute atomic E-state index is 0.289. The fourth-order valence-electron chi connectivity index (χ4n) is 3.34. The van der Waals surface area contributed by atoms with E-state index >= 15 is 0 Å². The Morgan fingerprint density at radius 2 is 1.57 bits per heavy atom. The SMILES string of the molecule is Cc1ccccc1N1CCN(CC(O)Cc2ccccc2)CC1. The molecule has 0 aromatic heterocycles. The molecular weight excluding hydrogens is 284 g/mol. The summed E-state index contributed by atoms with van der Waals surface area (Å²) in [6, 6.07) is 18.8. The third-order valence-corrected chi connectivity index (χ3v) is 4.61. The number of para-hydroxylation sites is 1. The molecule has 1 aliphatic rings. The van der Waals surface area contributed by atoms with Gasteiger partial charge in [-0.25, -0.2) is 0 Å². The molecule has 1 unspecified atom stereocenters. The third kappa shape index (κ3) is 4.34. The summed E-state index contributed by atoms with van der Waals surface area (Å²) in [5.74, 6) is 0. The van der Waals surface area contributed by atoms with Crippen LogP contribution < -0.4 is 4.90 Å². The molecule has 122 valence electrons.